The molecule has 1 N–H and O–H groups in total. The maximum absolute atomic E-state index is 13.4. The van der Waals surface area contributed by atoms with E-state index in [0.717, 1.165) is 25.8 Å². The van der Waals surface area contributed by atoms with Crippen LogP contribution < -0.4 is 5.32 Å². The predicted octanol–water partition coefficient (Wildman–Crippen LogP) is 3.34. The number of anilines is 1. The van der Waals surface area contributed by atoms with E-state index in [1.165, 1.54) is 18.2 Å². The molecule has 3 atom stereocenters. The van der Waals surface area contributed by atoms with E-state index < -0.39 is 5.82 Å². The molecule has 1 aromatic carbocycles. The van der Waals surface area contributed by atoms with Crippen LogP contribution in [-0.2, 0) is 4.79 Å². The molecule has 5 nitrogen and oxygen atoms in total. The van der Waals surface area contributed by atoms with E-state index in [2.05, 4.69) is 5.32 Å². The van der Waals surface area contributed by atoms with E-state index in [4.69, 9.17) is 11.6 Å². The summed E-state index contributed by atoms with van der Waals surface area (Å²) in [4.78, 5) is 28.6. The van der Waals surface area contributed by atoms with Crippen molar-refractivity contribution in [3.63, 3.8) is 0 Å². The largest absolute Gasteiger partial charge is 0.339 e. The Bertz CT molecular complexity index is 714. The average molecular weight is 366 g/mol. The van der Waals surface area contributed by atoms with Crippen LogP contribution in [0, 0.1) is 17.7 Å². The van der Waals surface area contributed by atoms with Crippen molar-refractivity contribution in [2.24, 2.45) is 11.8 Å². The molecule has 3 fully saturated rings. The highest BCUT2D eigenvalue weighted by Crippen LogP contribution is 2.38. The number of carbonyl (C=O) groups is 2. The summed E-state index contributed by atoms with van der Waals surface area (Å²) >= 11 is 6.04. The molecule has 4 rings (SSSR count). The van der Waals surface area contributed by atoms with Crippen LogP contribution in [-0.4, -0.2) is 47.4 Å². The van der Waals surface area contributed by atoms with Gasteiger partial charge in [0.05, 0.1) is 10.7 Å². The first-order chi connectivity index (χ1) is 12.0. The molecule has 3 saturated heterocycles. The van der Waals surface area contributed by atoms with E-state index in [1.807, 2.05) is 4.90 Å². The SMILES string of the molecule is O=C(Nc1cc(F)ccc1Cl)N1CC2CC(C1)[C@@H]1CCCC(=O)N1C2. The van der Waals surface area contributed by atoms with Gasteiger partial charge in [0, 0.05) is 32.1 Å². The van der Waals surface area contributed by atoms with Crippen molar-refractivity contribution in [2.45, 2.75) is 31.7 Å². The molecule has 25 heavy (non-hydrogen) atoms. The molecular weight excluding hydrogens is 345 g/mol. The topological polar surface area (TPSA) is 52.7 Å². The fourth-order valence-electron chi connectivity index (χ4n) is 4.56. The fraction of sp³-hybridized carbons (Fsp3) is 0.556. The van der Waals surface area contributed by atoms with Crippen molar-refractivity contribution < 1.29 is 14.0 Å². The van der Waals surface area contributed by atoms with Gasteiger partial charge in [-0.15, -0.1) is 0 Å². The van der Waals surface area contributed by atoms with Gasteiger partial charge in [-0.1, -0.05) is 11.6 Å². The highest BCUT2D eigenvalue weighted by Gasteiger charge is 2.44. The van der Waals surface area contributed by atoms with Gasteiger partial charge >= 0.3 is 6.03 Å². The highest BCUT2D eigenvalue weighted by molar-refractivity contribution is 6.33. The van der Waals surface area contributed by atoms with E-state index >= 15 is 0 Å². The zero-order valence-electron chi connectivity index (χ0n) is 13.9. The Hall–Kier alpha value is -1.82. The van der Waals surface area contributed by atoms with E-state index in [1.54, 1.807) is 4.90 Å². The first-order valence-corrected chi connectivity index (χ1v) is 9.19. The Morgan fingerprint density at radius 3 is 2.96 bits per heavy atom. The van der Waals surface area contributed by atoms with Crippen molar-refractivity contribution in [3.05, 3.63) is 29.0 Å². The van der Waals surface area contributed by atoms with Crippen LogP contribution in [0.3, 0.4) is 0 Å². The van der Waals surface area contributed by atoms with Gasteiger partial charge in [0.15, 0.2) is 0 Å². The molecule has 0 aromatic heterocycles. The van der Waals surface area contributed by atoms with Gasteiger partial charge in [-0.3, -0.25) is 4.79 Å². The smallest absolute Gasteiger partial charge is 0.321 e. The number of carbonyl (C=O) groups excluding carboxylic acids is 2. The summed E-state index contributed by atoms with van der Waals surface area (Å²) in [6.07, 6.45) is 3.68. The quantitative estimate of drug-likeness (QED) is 0.829. The highest BCUT2D eigenvalue weighted by atomic mass is 35.5. The number of hydrogen-bond acceptors (Lipinski definition) is 2. The second kappa shape index (κ2) is 6.48. The maximum atomic E-state index is 13.4. The number of urea groups is 1. The molecule has 7 heteroatoms. The lowest BCUT2D eigenvalue weighted by Crippen LogP contribution is -2.61. The number of nitrogens with zero attached hydrogens (tertiary/aromatic N) is 2. The van der Waals surface area contributed by atoms with Gasteiger partial charge in [0.2, 0.25) is 5.91 Å². The summed E-state index contributed by atoms with van der Waals surface area (Å²) in [5, 5.41) is 3.04. The molecule has 2 unspecified atom stereocenters. The molecule has 1 aromatic rings. The van der Waals surface area contributed by atoms with Crippen LogP contribution in [0.5, 0.6) is 0 Å². The molecule has 0 spiro atoms. The van der Waals surface area contributed by atoms with Crippen LogP contribution >= 0.6 is 11.6 Å². The van der Waals surface area contributed by atoms with Crippen LogP contribution in [0.2, 0.25) is 5.02 Å². The van der Waals surface area contributed by atoms with Crippen molar-refractivity contribution in [3.8, 4) is 0 Å². The molecule has 134 valence electrons. The zero-order chi connectivity index (χ0) is 17.6. The number of rotatable bonds is 1. The average Bonchev–Trinajstić information content (AvgIpc) is 2.59. The summed E-state index contributed by atoms with van der Waals surface area (Å²) in [7, 11) is 0. The lowest BCUT2D eigenvalue weighted by atomic mass is 9.76. The minimum absolute atomic E-state index is 0.252. The number of halogens is 2. The Balaban J connectivity index is 1.47. The predicted molar refractivity (Wildman–Crippen MR) is 93.0 cm³/mol. The van der Waals surface area contributed by atoms with Crippen LogP contribution in [0.15, 0.2) is 18.2 Å². The standard InChI is InChI=1S/C18H21ClFN3O2/c19-14-5-4-13(20)7-15(14)21-18(25)22-8-11-6-12(10-22)16-2-1-3-17(24)23(16)9-11/h4-5,7,11-12,16H,1-3,6,8-10H2,(H,21,25)/t11?,12?,16-/m0/s1. The normalized spacial score (nSPS) is 28.6. The van der Waals surface area contributed by atoms with E-state index in [0.29, 0.717) is 36.4 Å². The number of piperidine rings is 3. The van der Waals surface area contributed by atoms with Gasteiger partial charge in [0.25, 0.3) is 0 Å². The number of fused-ring (bicyclic) bond motifs is 4. The van der Waals surface area contributed by atoms with Crippen LogP contribution in [0.4, 0.5) is 14.9 Å². The van der Waals surface area contributed by atoms with E-state index in [9.17, 15) is 14.0 Å². The molecule has 0 radical (unpaired) electrons. The Morgan fingerprint density at radius 2 is 2.12 bits per heavy atom. The van der Waals surface area contributed by atoms with Gasteiger partial charge < -0.3 is 15.1 Å². The summed E-state index contributed by atoms with van der Waals surface area (Å²) < 4.78 is 13.4. The van der Waals surface area contributed by atoms with Crippen LogP contribution in [0.1, 0.15) is 25.7 Å². The lowest BCUT2D eigenvalue weighted by Gasteiger charge is -2.52. The van der Waals surface area contributed by atoms with Crippen molar-refractivity contribution >= 4 is 29.2 Å². The summed E-state index contributed by atoms with van der Waals surface area (Å²) in [6, 6.07) is 3.93. The summed E-state index contributed by atoms with van der Waals surface area (Å²) in [5.74, 6) is 0.457. The minimum atomic E-state index is -0.438. The third kappa shape index (κ3) is 3.19. The van der Waals surface area contributed by atoms with Crippen molar-refractivity contribution in [2.75, 3.05) is 25.0 Å². The maximum Gasteiger partial charge on any atom is 0.321 e. The van der Waals surface area contributed by atoms with Gasteiger partial charge in [0.1, 0.15) is 5.82 Å². The number of likely N-dealkylation sites (tertiary alicyclic amines) is 1. The van der Waals surface area contributed by atoms with Crippen LogP contribution in [0.25, 0.3) is 0 Å². The molecule has 3 aliphatic rings. The third-order valence-electron chi connectivity index (χ3n) is 5.64. The molecule has 0 saturated carbocycles. The Morgan fingerprint density at radius 1 is 1.28 bits per heavy atom. The fourth-order valence-corrected chi connectivity index (χ4v) is 4.73. The first-order valence-electron chi connectivity index (χ1n) is 8.81. The number of hydrogen-bond donors (Lipinski definition) is 1. The Kier molecular flexibility index (Phi) is 4.31. The number of amides is 3. The first kappa shape index (κ1) is 16.6. The molecule has 0 aliphatic carbocycles. The molecular formula is C18H21ClFN3O2. The monoisotopic (exact) mass is 365 g/mol. The second-order valence-corrected chi connectivity index (χ2v) is 7.73. The number of benzene rings is 1. The molecule has 3 amide bonds. The number of nitrogens with one attached hydrogen (secondary N) is 1. The molecule has 3 aliphatic heterocycles. The zero-order valence-corrected chi connectivity index (χ0v) is 14.6. The summed E-state index contributed by atoms with van der Waals surface area (Å²) in [6.45, 7) is 1.99. The lowest BCUT2D eigenvalue weighted by molar-refractivity contribution is -0.144. The van der Waals surface area contributed by atoms with Crippen molar-refractivity contribution in [1.29, 1.82) is 0 Å². The Labute approximate surface area is 151 Å². The van der Waals surface area contributed by atoms with Gasteiger partial charge in [-0.25, -0.2) is 9.18 Å². The van der Waals surface area contributed by atoms with Gasteiger partial charge in [-0.2, -0.15) is 0 Å². The minimum Gasteiger partial charge on any atom is -0.339 e. The van der Waals surface area contributed by atoms with E-state index in [-0.39, 0.29) is 23.7 Å². The second-order valence-electron chi connectivity index (χ2n) is 7.33. The van der Waals surface area contributed by atoms with Gasteiger partial charge in [-0.05, 0) is 49.3 Å². The van der Waals surface area contributed by atoms with Crippen molar-refractivity contribution in [1.82, 2.24) is 9.80 Å². The summed E-state index contributed by atoms with van der Waals surface area (Å²) in [5.41, 5.74) is 0.289. The third-order valence-corrected chi connectivity index (χ3v) is 5.97. The molecule has 2 bridgehead atoms. The molecule has 3 heterocycles.